The molecule has 3 fully saturated rings. The van der Waals surface area contributed by atoms with E-state index in [1.165, 1.54) is 44.1 Å². The van der Waals surface area contributed by atoms with E-state index >= 15 is 0 Å². The second-order valence-electron chi connectivity index (χ2n) is 12.8. The first-order valence-electron chi connectivity index (χ1n) is 14.3. The van der Waals surface area contributed by atoms with Crippen LogP contribution in [0.2, 0.25) is 0 Å². The Morgan fingerprint density at radius 3 is 2.53 bits per heavy atom. The fourth-order valence-corrected chi connectivity index (χ4v) is 7.20. The minimum Gasteiger partial charge on any atom is -0.378 e. The molecule has 3 saturated carbocycles. The summed E-state index contributed by atoms with van der Waals surface area (Å²) in [7, 11) is 1.84. The third-order valence-corrected chi connectivity index (χ3v) is 10.7. The normalized spacial score (nSPS) is 36.6. The molecule has 0 saturated heterocycles. The van der Waals surface area contributed by atoms with Gasteiger partial charge in [-0.1, -0.05) is 77.8 Å². The Bertz CT molecular complexity index is 741. The van der Waals surface area contributed by atoms with Gasteiger partial charge in [0.1, 0.15) is 0 Å². The van der Waals surface area contributed by atoms with E-state index in [9.17, 15) is 0 Å². The highest BCUT2D eigenvalue weighted by molar-refractivity contribution is 5.29. The van der Waals surface area contributed by atoms with Crippen LogP contribution < -0.4 is 0 Å². The van der Waals surface area contributed by atoms with Gasteiger partial charge in [-0.05, 0) is 98.4 Å². The molecule has 0 radical (unpaired) electrons. The lowest BCUT2D eigenvalue weighted by atomic mass is 9.62. The van der Waals surface area contributed by atoms with Gasteiger partial charge in [-0.3, -0.25) is 0 Å². The number of allylic oxidation sites excluding steroid dienone is 3. The van der Waals surface area contributed by atoms with Crippen LogP contribution in [-0.2, 0) is 9.47 Å². The van der Waals surface area contributed by atoms with Gasteiger partial charge >= 0.3 is 0 Å². The van der Waals surface area contributed by atoms with Crippen molar-refractivity contribution in [3.8, 4) is 0 Å². The van der Waals surface area contributed by atoms with Gasteiger partial charge in [-0.25, -0.2) is 0 Å². The van der Waals surface area contributed by atoms with Gasteiger partial charge < -0.3 is 9.47 Å². The SMILES string of the molecule is C=C1C(CC)CC(=CC=C2CCCC3(C)C2CCC3C(C)OCC(C)C(C)(C)CC)CC1OC. The molecule has 7 atom stereocenters. The van der Waals surface area contributed by atoms with Crippen molar-refractivity contribution in [2.45, 2.75) is 118 Å². The Labute approximate surface area is 211 Å². The Morgan fingerprint density at radius 1 is 1.15 bits per heavy atom. The van der Waals surface area contributed by atoms with Gasteiger partial charge in [0.2, 0.25) is 0 Å². The molecule has 2 heteroatoms. The van der Waals surface area contributed by atoms with Crippen molar-refractivity contribution in [3.05, 3.63) is 35.5 Å². The van der Waals surface area contributed by atoms with Crippen molar-refractivity contribution in [1.82, 2.24) is 0 Å². The highest BCUT2D eigenvalue weighted by Gasteiger charge is 2.51. The van der Waals surface area contributed by atoms with Crippen molar-refractivity contribution < 1.29 is 9.47 Å². The summed E-state index contributed by atoms with van der Waals surface area (Å²) in [5.41, 5.74) is 5.27. The smallest absolute Gasteiger partial charge is 0.0818 e. The Hall–Kier alpha value is -0.860. The molecule has 0 aromatic rings. The third-order valence-electron chi connectivity index (χ3n) is 10.7. The van der Waals surface area contributed by atoms with Crippen molar-refractivity contribution in [2.75, 3.05) is 13.7 Å². The van der Waals surface area contributed by atoms with E-state index in [0.717, 1.165) is 31.8 Å². The molecule has 0 N–H and O–H groups in total. The van der Waals surface area contributed by atoms with Crippen LogP contribution in [0, 0.1) is 34.5 Å². The van der Waals surface area contributed by atoms with Gasteiger partial charge in [-0.15, -0.1) is 0 Å². The Morgan fingerprint density at radius 2 is 1.88 bits per heavy atom. The molecule has 7 unspecified atom stereocenters. The topological polar surface area (TPSA) is 18.5 Å². The van der Waals surface area contributed by atoms with Crippen LogP contribution in [0.5, 0.6) is 0 Å². The van der Waals surface area contributed by atoms with Crippen molar-refractivity contribution >= 4 is 0 Å². The predicted molar refractivity (Wildman–Crippen MR) is 146 cm³/mol. The average Bonchev–Trinajstić information content (AvgIpc) is 3.18. The van der Waals surface area contributed by atoms with Gasteiger partial charge in [0.05, 0.1) is 18.8 Å². The fourth-order valence-electron chi connectivity index (χ4n) is 7.20. The Kier molecular flexibility index (Phi) is 9.35. The quantitative estimate of drug-likeness (QED) is 0.313. The van der Waals surface area contributed by atoms with Crippen molar-refractivity contribution in [1.29, 1.82) is 0 Å². The Balaban J connectivity index is 1.69. The number of hydrogen-bond acceptors (Lipinski definition) is 2. The summed E-state index contributed by atoms with van der Waals surface area (Å²) < 4.78 is 12.4. The summed E-state index contributed by atoms with van der Waals surface area (Å²) in [6, 6.07) is 0. The first-order valence-corrected chi connectivity index (χ1v) is 14.3. The fraction of sp³-hybridized carbons (Fsp3) is 0.812. The third kappa shape index (κ3) is 5.75. The van der Waals surface area contributed by atoms with Crippen molar-refractivity contribution in [3.63, 3.8) is 0 Å². The van der Waals surface area contributed by atoms with E-state index in [2.05, 4.69) is 67.2 Å². The number of hydrogen-bond donors (Lipinski definition) is 0. The molecular weight excluding hydrogens is 416 g/mol. The predicted octanol–water partition coefficient (Wildman–Crippen LogP) is 8.92. The lowest BCUT2D eigenvalue weighted by molar-refractivity contribution is -0.0500. The largest absolute Gasteiger partial charge is 0.378 e. The van der Waals surface area contributed by atoms with E-state index < -0.39 is 0 Å². The zero-order chi connectivity index (χ0) is 25.1. The van der Waals surface area contributed by atoms with E-state index in [4.69, 9.17) is 9.47 Å². The van der Waals surface area contributed by atoms with Gasteiger partial charge in [0, 0.05) is 7.11 Å². The molecule has 3 aliphatic rings. The maximum Gasteiger partial charge on any atom is 0.0818 e. The monoisotopic (exact) mass is 470 g/mol. The number of methoxy groups -OCH3 is 1. The molecule has 0 aliphatic heterocycles. The lowest BCUT2D eigenvalue weighted by Gasteiger charge is -2.44. The van der Waals surface area contributed by atoms with E-state index in [1.54, 1.807) is 11.1 Å². The van der Waals surface area contributed by atoms with Crippen LogP contribution in [-0.4, -0.2) is 25.9 Å². The zero-order valence-electron chi connectivity index (χ0n) is 23.7. The van der Waals surface area contributed by atoms with Crippen LogP contribution in [0.3, 0.4) is 0 Å². The molecule has 0 heterocycles. The number of rotatable bonds is 9. The molecule has 3 rings (SSSR count). The first-order chi connectivity index (χ1) is 16.1. The molecule has 0 aromatic carbocycles. The maximum absolute atomic E-state index is 6.59. The van der Waals surface area contributed by atoms with E-state index in [-0.39, 0.29) is 6.10 Å². The zero-order valence-corrected chi connectivity index (χ0v) is 23.7. The highest BCUT2D eigenvalue weighted by atomic mass is 16.5. The van der Waals surface area contributed by atoms with E-state index in [1.807, 2.05) is 7.11 Å². The molecule has 0 spiro atoms. The first kappa shape index (κ1) is 27.7. The molecule has 0 aromatic heterocycles. The molecular formula is C32H54O2. The van der Waals surface area contributed by atoms with E-state index in [0.29, 0.717) is 34.7 Å². The minimum absolute atomic E-state index is 0.189. The minimum atomic E-state index is 0.189. The molecule has 0 amide bonds. The molecule has 0 bridgehead atoms. The summed E-state index contributed by atoms with van der Waals surface area (Å²) in [5.74, 6) is 2.55. The summed E-state index contributed by atoms with van der Waals surface area (Å²) in [5, 5.41) is 0. The van der Waals surface area contributed by atoms with Gasteiger partial charge in [0.15, 0.2) is 0 Å². The van der Waals surface area contributed by atoms with Crippen molar-refractivity contribution in [2.24, 2.45) is 34.5 Å². The average molecular weight is 471 g/mol. The second-order valence-corrected chi connectivity index (χ2v) is 12.8. The summed E-state index contributed by atoms with van der Waals surface area (Å²) in [4.78, 5) is 0. The molecule has 194 valence electrons. The van der Waals surface area contributed by atoms with Crippen LogP contribution in [0.15, 0.2) is 35.5 Å². The molecule has 2 nitrogen and oxygen atoms in total. The van der Waals surface area contributed by atoms with Crippen LogP contribution in [0.25, 0.3) is 0 Å². The highest BCUT2D eigenvalue weighted by Crippen LogP contribution is 2.58. The maximum atomic E-state index is 6.59. The lowest BCUT2D eigenvalue weighted by Crippen LogP contribution is -2.39. The standard InChI is InChI=1S/C32H54O2/c1-10-26-19-25(20-30(33-9)23(26)4)14-15-27-13-12-18-32(8)28(16-17-29(27)32)24(5)34-21-22(3)31(6,7)11-2/h14-15,22,24,26,28-30H,4,10-13,16-21H2,1-3,5-9H3. The molecule has 34 heavy (non-hydrogen) atoms. The van der Waals surface area contributed by atoms with Crippen LogP contribution in [0.4, 0.5) is 0 Å². The summed E-state index contributed by atoms with van der Waals surface area (Å²) in [6.45, 7) is 21.9. The molecule has 3 aliphatic carbocycles. The summed E-state index contributed by atoms with van der Waals surface area (Å²) in [6.07, 6.45) is 16.6. The number of fused-ring (bicyclic) bond motifs is 1. The van der Waals surface area contributed by atoms with Gasteiger partial charge in [0.25, 0.3) is 0 Å². The van der Waals surface area contributed by atoms with Crippen LogP contribution >= 0.6 is 0 Å². The van der Waals surface area contributed by atoms with Gasteiger partial charge in [-0.2, -0.15) is 0 Å². The number of ether oxygens (including phenoxy) is 2. The van der Waals surface area contributed by atoms with Crippen LogP contribution in [0.1, 0.15) is 106 Å². The second kappa shape index (κ2) is 11.5. The summed E-state index contributed by atoms with van der Waals surface area (Å²) >= 11 is 0.